The Bertz CT molecular complexity index is 1400. The highest BCUT2D eigenvalue weighted by molar-refractivity contribution is 9.10. The molecule has 0 unspecified atom stereocenters. The molecule has 142 valence electrons. The molecule has 2 aliphatic rings. The Labute approximate surface area is 172 Å². The predicted octanol–water partition coefficient (Wildman–Crippen LogP) is 3.19. The number of aryl methyl sites for hydroxylation is 1. The Kier molecular flexibility index (Phi) is 3.46. The molecule has 5 rings (SSSR count). The van der Waals surface area contributed by atoms with Crippen molar-refractivity contribution in [3.63, 3.8) is 0 Å². The van der Waals surface area contributed by atoms with Gasteiger partial charge in [-0.05, 0) is 30.7 Å². The molecular weight excluding hydrogens is 438 g/mol. The number of nitriles is 1. The van der Waals surface area contributed by atoms with E-state index in [1.807, 2.05) is 13.0 Å². The fraction of sp³-hybridized carbons (Fsp3) is 0.0952. The lowest BCUT2D eigenvalue weighted by Gasteiger charge is -2.32. The molecule has 2 aromatic carbocycles. The maximum Gasteiger partial charge on any atom is 0.345 e. The first-order chi connectivity index (χ1) is 13.9. The van der Waals surface area contributed by atoms with Crippen LogP contribution in [0.2, 0.25) is 0 Å². The third kappa shape index (κ3) is 2.05. The molecular formula is C21H12BrN3O4. The van der Waals surface area contributed by atoms with Crippen LogP contribution in [0.15, 0.2) is 61.5 Å². The molecule has 1 spiro atoms. The fourth-order valence-corrected chi connectivity index (χ4v) is 4.43. The number of anilines is 1. The zero-order valence-corrected chi connectivity index (χ0v) is 16.6. The summed E-state index contributed by atoms with van der Waals surface area (Å²) in [6.07, 6.45) is 0. The monoisotopic (exact) mass is 449 g/mol. The van der Waals surface area contributed by atoms with E-state index in [0.29, 0.717) is 22.2 Å². The van der Waals surface area contributed by atoms with Gasteiger partial charge in [-0.25, -0.2) is 4.79 Å². The van der Waals surface area contributed by atoms with E-state index in [9.17, 15) is 14.9 Å². The van der Waals surface area contributed by atoms with E-state index in [1.165, 1.54) is 0 Å². The second-order valence-electron chi connectivity index (χ2n) is 6.89. The van der Waals surface area contributed by atoms with Gasteiger partial charge in [0.25, 0.3) is 0 Å². The summed E-state index contributed by atoms with van der Waals surface area (Å²) < 4.78 is 12.0. The van der Waals surface area contributed by atoms with Crippen molar-refractivity contribution >= 4 is 38.5 Å². The first kappa shape index (κ1) is 17.5. The largest absolute Gasteiger partial charge is 0.439 e. The first-order valence-corrected chi connectivity index (χ1v) is 9.45. The Hall–Kier alpha value is -3.57. The van der Waals surface area contributed by atoms with Gasteiger partial charge in [0.1, 0.15) is 22.8 Å². The van der Waals surface area contributed by atoms with Crippen molar-refractivity contribution in [3.05, 3.63) is 79.4 Å². The summed E-state index contributed by atoms with van der Waals surface area (Å²) in [5, 5.41) is 13.2. The number of benzene rings is 2. The number of fused-ring (bicyclic) bond motifs is 6. The number of carbonyl (C=O) groups excluding carboxylic acids is 1. The SMILES string of the molecule is Cc1cc2c(cc1Br)NC(=O)[C@]21C(C#N)=C(N)Oc2c1c(=O)oc1ccccc21. The molecule has 7 nitrogen and oxygen atoms in total. The first-order valence-electron chi connectivity index (χ1n) is 8.66. The van der Waals surface area contributed by atoms with E-state index >= 15 is 0 Å². The van der Waals surface area contributed by atoms with Crippen LogP contribution in [0.3, 0.4) is 0 Å². The minimum absolute atomic E-state index is 0.0556. The van der Waals surface area contributed by atoms with Gasteiger partial charge in [0.2, 0.25) is 11.8 Å². The van der Waals surface area contributed by atoms with E-state index in [2.05, 4.69) is 21.2 Å². The van der Waals surface area contributed by atoms with Crippen LogP contribution >= 0.6 is 15.9 Å². The number of rotatable bonds is 0. The molecule has 0 bridgehead atoms. The molecule has 29 heavy (non-hydrogen) atoms. The summed E-state index contributed by atoms with van der Waals surface area (Å²) in [4.78, 5) is 26.5. The van der Waals surface area contributed by atoms with Crippen LogP contribution in [0, 0.1) is 18.3 Å². The minimum Gasteiger partial charge on any atom is -0.439 e. The Balaban J connectivity index is 2.02. The normalized spacial score (nSPS) is 19.6. The molecule has 2 aliphatic heterocycles. The number of nitrogens with zero attached hydrogens (tertiary/aromatic N) is 1. The van der Waals surface area contributed by atoms with E-state index < -0.39 is 16.9 Å². The lowest BCUT2D eigenvalue weighted by atomic mass is 9.69. The number of amides is 1. The van der Waals surface area contributed by atoms with E-state index in [4.69, 9.17) is 14.9 Å². The molecule has 0 fully saturated rings. The van der Waals surface area contributed by atoms with Gasteiger partial charge >= 0.3 is 5.63 Å². The average Bonchev–Trinajstić information content (AvgIpc) is 2.94. The van der Waals surface area contributed by atoms with Crippen molar-refractivity contribution in [1.82, 2.24) is 0 Å². The van der Waals surface area contributed by atoms with Crippen LogP contribution in [0.5, 0.6) is 5.75 Å². The standard InChI is InChI=1S/C21H12BrN3O4/c1-9-6-11-14(7-13(9)22)25-20(27)21(11)12(8-23)18(24)29-17-10-4-2-3-5-15(10)28-19(26)16(17)21/h2-7H,24H2,1H3,(H,25,27)/t21-/m0/s1. The van der Waals surface area contributed by atoms with Crippen molar-refractivity contribution in [2.45, 2.75) is 12.3 Å². The molecule has 3 aromatic rings. The second-order valence-corrected chi connectivity index (χ2v) is 7.75. The van der Waals surface area contributed by atoms with Gasteiger partial charge in [-0.2, -0.15) is 5.26 Å². The van der Waals surface area contributed by atoms with Gasteiger partial charge in [0.15, 0.2) is 11.2 Å². The second kappa shape index (κ2) is 5.72. The lowest BCUT2D eigenvalue weighted by molar-refractivity contribution is -0.118. The third-order valence-electron chi connectivity index (χ3n) is 5.38. The van der Waals surface area contributed by atoms with Gasteiger partial charge in [0, 0.05) is 15.7 Å². The Morgan fingerprint density at radius 3 is 2.76 bits per heavy atom. The number of para-hydroxylation sites is 1. The minimum atomic E-state index is -1.75. The van der Waals surface area contributed by atoms with Crippen molar-refractivity contribution in [1.29, 1.82) is 5.26 Å². The van der Waals surface area contributed by atoms with Crippen LogP contribution in [-0.2, 0) is 10.2 Å². The van der Waals surface area contributed by atoms with Gasteiger partial charge < -0.3 is 20.2 Å². The summed E-state index contributed by atoms with van der Waals surface area (Å²) >= 11 is 3.45. The summed E-state index contributed by atoms with van der Waals surface area (Å²) in [5.74, 6) is -0.659. The van der Waals surface area contributed by atoms with E-state index in [-0.39, 0.29) is 22.8 Å². The van der Waals surface area contributed by atoms with Gasteiger partial charge in [-0.3, -0.25) is 4.79 Å². The quantitative estimate of drug-likeness (QED) is 0.508. The number of hydrogen-bond acceptors (Lipinski definition) is 6. The van der Waals surface area contributed by atoms with Gasteiger partial charge in [-0.15, -0.1) is 0 Å². The molecule has 0 radical (unpaired) electrons. The van der Waals surface area contributed by atoms with E-state index in [0.717, 1.165) is 10.0 Å². The maximum absolute atomic E-state index is 13.4. The summed E-state index contributed by atoms with van der Waals surface area (Å²) in [7, 11) is 0. The fourth-order valence-electron chi connectivity index (χ4n) is 4.09. The number of nitrogens with two attached hydrogens (primary N) is 1. The maximum atomic E-state index is 13.4. The van der Waals surface area contributed by atoms with Crippen LogP contribution in [-0.4, -0.2) is 5.91 Å². The van der Waals surface area contributed by atoms with Crippen LogP contribution < -0.4 is 21.4 Å². The molecule has 0 saturated carbocycles. The van der Waals surface area contributed by atoms with Crippen molar-refractivity contribution in [3.8, 4) is 11.8 Å². The zero-order valence-electron chi connectivity index (χ0n) is 15.0. The number of carbonyl (C=O) groups is 1. The molecule has 1 atom stereocenters. The van der Waals surface area contributed by atoms with Crippen molar-refractivity contribution in [2.75, 3.05) is 5.32 Å². The highest BCUT2D eigenvalue weighted by Gasteiger charge is 2.59. The van der Waals surface area contributed by atoms with Crippen molar-refractivity contribution in [2.24, 2.45) is 5.73 Å². The number of halogens is 1. The highest BCUT2D eigenvalue weighted by atomic mass is 79.9. The number of hydrogen-bond donors (Lipinski definition) is 2. The number of ether oxygens (including phenoxy) is 1. The zero-order chi connectivity index (χ0) is 20.5. The average molecular weight is 450 g/mol. The molecule has 3 heterocycles. The third-order valence-corrected chi connectivity index (χ3v) is 6.23. The molecule has 1 aromatic heterocycles. The smallest absolute Gasteiger partial charge is 0.345 e. The molecule has 8 heteroatoms. The van der Waals surface area contributed by atoms with Gasteiger partial charge in [-0.1, -0.05) is 34.1 Å². The van der Waals surface area contributed by atoms with E-state index in [1.54, 1.807) is 36.4 Å². The topological polar surface area (TPSA) is 118 Å². The highest BCUT2D eigenvalue weighted by Crippen LogP contribution is 2.54. The molecule has 3 N–H and O–H groups in total. The van der Waals surface area contributed by atoms with Gasteiger partial charge in [0.05, 0.1) is 5.39 Å². The van der Waals surface area contributed by atoms with Crippen LogP contribution in [0.25, 0.3) is 11.0 Å². The molecule has 1 amide bonds. The van der Waals surface area contributed by atoms with Crippen LogP contribution in [0.4, 0.5) is 5.69 Å². The summed E-state index contributed by atoms with van der Waals surface area (Å²) in [6.45, 7) is 1.85. The summed E-state index contributed by atoms with van der Waals surface area (Å²) in [5.41, 5.74) is 5.44. The molecule has 0 saturated heterocycles. The number of nitrogens with one attached hydrogen (secondary N) is 1. The summed E-state index contributed by atoms with van der Waals surface area (Å²) in [6, 6.07) is 12.3. The molecule has 0 aliphatic carbocycles. The van der Waals surface area contributed by atoms with Crippen molar-refractivity contribution < 1.29 is 13.9 Å². The predicted molar refractivity (Wildman–Crippen MR) is 108 cm³/mol. The van der Waals surface area contributed by atoms with Crippen LogP contribution in [0.1, 0.15) is 16.7 Å². The Morgan fingerprint density at radius 2 is 2.00 bits per heavy atom. The lowest BCUT2D eigenvalue weighted by Crippen LogP contribution is -2.45. The Morgan fingerprint density at radius 1 is 1.24 bits per heavy atom.